The summed E-state index contributed by atoms with van der Waals surface area (Å²) < 4.78 is 0.655. The van der Waals surface area contributed by atoms with Crippen molar-refractivity contribution in [3.8, 4) is 0 Å². The number of thiocarbonyl (C=S) groups is 1. The summed E-state index contributed by atoms with van der Waals surface area (Å²) in [4.78, 5) is 0.664. The molecular weight excluding hydrogens is 195 g/mol. The van der Waals surface area contributed by atoms with E-state index in [4.69, 9.17) is 11.6 Å². The molecule has 0 N–H and O–H groups in total. The predicted molar refractivity (Wildman–Crippen MR) is 39.3 cm³/mol. The molecule has 0 aliphatic heterocycles. The molecule has 0 nitrogen and oxygen atoms in total. The minimum atomic E-state index is 0.372. The molecule has 42 valence electrons. The molecule has 0 aromatic rings. The number of rotatable bonds is 2. The van der Waals surface area contributed by atoms with Gasteiger partial charge in [0.15, 0.2) is 0 Å². The van der Waals surface area contributed by atoms with Gasteiger partial charge in [-0.1, -0.05) is 0 Å². The van der Waals surface area contributed by atoms with Gasteiger partial charge < -0.3 is 0 Å². The molecule has 0 saturated carbocycles. The average molecular weight is 202 g/mol. The second kappa shape index (κ2) is 3.85. The Hall–Kier alpha value is 0.899. The number of hydrogen-bond acceptors (Lipinski definition) is 1. The van der Waals surface area contributed by atoms with Crippen LogP contribution < -0.4 is 0 Å². The summed E-state index contributed by atoms with van der Waals surface area (Å²) in [5, 5.41) is 0. The molecule has 0 unspecified atom stereocenters. The Morgan fingerprint density at radius 1 is 1.71 bits per heavy atom. The summed E-state index contributed by atoms with van der Waals surface area (Å²) in [6.07, 6.45) is 0. The van der Waals surface area contributed by atoms with Crippen LogP contribution in [0.2, 0.25) is 4.82 Å². The van der Waals surface area contributed by atoms with Crippen LogP contribution in [0.15, 0.2) is 0 Å². The van der Waals surface area contributed by atoms with Gasteiger partial charge in [0.05, 0.1) is 0 Å². The van der Waals surface area contributed by atoms with E-state index < -0.39 is 0 Å². The fraction of sp³-hybridized carbons (Fsp3) is 0.750. The normalized spacial score (nSPS) is 9.71. The first kappa shape index (κ1) is 7.90. The molecule has 7 heavy (non-hydrogen) atoms. The van der Waals surface area contributed by atoms with Gasteiger partial charge in [-0.25, -0.2) is 0 Å². The third-order valence-corrected chi connectivity index (χ3v) is 2.67. The van der Waals surface area contributed by atoms with E-state index in [2.05, 4.69) is 26.1 Å². The second-order valence-electron chi connectivity index (χ2n) is 1.40. The van der Waals surface area contributed by atoms with Crippen LogP contribution in [0.3, 0.4) is 0 Å². The third-order valence-electron chi connectivity index (χ3n) is 0.328. The topological polar surface area (TPSA) is 0 Å². The van der Waals surface area contributed by atoms with E-state index in [0.29, 0.717) is 23.0 Å². The van der Waals surface area contributed by atoms with Crippen LogP contribution in [-0.4, -0.2) is 18.2 Å². The summed E-state index contributed by atoms with van der Waals surface area (Å²) in [6.45, 7) is 4.24. The SMILES string of the molecule is CC(C)[Se]C(=S)Cl. The first-order chi connectivity index (χ1) is 3.13. The molecule has 0 fully saturated rings. The molecule has 0 rings (SSSR count). The van der Waals surface area contributed by atoms with Gasteiger partial charge >= 0.3 is 60.7 Å². The Labute approximate surface area is 60.8 Å². The Morgan fingerprint density at radius 3 is 2.14 bits per heavy atom. The van der Waals surface area contributed by atoms with Gasteiger partial charge in [0.1, 0.15) is 0 Å². The number of hydrogen-bond donors (Lipinski definition) is 0. The Kier molecular flexibility index (Phi) is 4.34. The van der Waals surface area contributed by atoms with Crippen molar-refractivity contribution in [3.63, 3.8) is 0 Å². The molecule has 0 aromatic carbocycles. The van der Waals surface area contributed by atoms with Gasteiger partial charge in [-0.15, -0.1) is 0 Å². The van der Waals surface area contributed by atoms with Crippen LogP contribution in [0.4, 0.5) is 0 Å². The van der Waals surface area contributed by atoms with E-state index in [-0.39, 0.29) is 0 Å². The molecule has 0 aliphatic carbocycles. The molecule has 0 amide bonds. The van der Waals surface area contributed by atoms with E-state index in [1.165, 1.54) is 0 Å². The Balaban J connectivity index is 3.13. The third kappa shape index (κ3) is 6.90. The molecule has 0 radical (unpaired) electrons. The molecule has 0 saturated heterocycles. The molecule has 0 heterocycles. The van der Waals surface area contributed by atoms with Crippen LogP contribution in [-0.2, 0) is 0 Å². The fourth-order valence-electron chi connectivity index (χ4n) is 0.185. The molecule has 3 heteroatoms. The first-order valence-electron chi connectivity index (χ1n) is 1.99. The Morgan fingerprint density at radius 2 is 2.14 bits per heavy atom. The molecule has 0 aromatic heterocycles. The van der Waals surface area contributed by atoms with Gasteiger partial charge in [0.2, 0.25) is 0 Å². The summed E-state index contributed by atoms with van der Waals surface area (Å²) in [5.41, 5.74) is 0. The van der Waals surface area contributed by atoms with E-state index in [0.717, 1.165) is 0 Å². The molecule has 0 bridgehead atoms. The van der Waals surface area contributed by atoms with Crippen molar-refractivity contribution < 1.29 is 0 Å². The van der Waals surface area contributed by atoms with Gasteiger partial charge in [-0.05, 0) is 0 Å². The van der Waals surface area contributed by atoms with E-state index in [1.807, 2.05) is 0 Å². The molecule has 0 spiro atoms. The molecule has 0 aliphatic rings. The average Bonchev–Trinajstić information content (AvgIpc) is 1.27. The van der Waals surface area contributed by atoms with Gasteiger partial charge in [0.25, 0.3) is 0 Å². The van der Waals surface area contributed by atoms with E-state index in [9.17, 15) is 0 Å². The standard InChI is InChI=1S/C4H7ClSSe/c1-3(2)7-4(5)6/h3H,1-2H3. The van der Waals surface area contributed by atoms with Crippen LogP contribution in [0.25, 0.3) is 0 Å². The van der Waals surface area contributed by atoms with Crippen LogP contribution >= 0.6 is 23.8 Å². The van der Waals surface area contributed by atoms with Gasteiger partial charge in [-0.2, -0.15) is 0 Å². The Bertz CT molecular complexity index is 72.1. The summed E-state index contributed by atoms with van der Waals surface area (Å²) >= 11 is 10.5. The summed E-state index contributed by atoms with van der Waals surface area (Å²) in [7, 11) is 0. The second-order valence-corrected chi connectivity index (χ2v) is 6.84. The summed E-state index contributed by atoms with van der Waals surface area (Å²) in [5.74, 6) is 0. The fourth-order valence-corrected chi connectivity index (χ4v) is 2.89. The van der Waals surface area contributed by atoms with Crippen LogP contribution in [0, 0.1) is 0 Å². The minimum absolute atomic E-state index is 0.372. The van der Waals surface area contributed by atoms with Crippen molar-refractivity contribution in [2.45, 2.75) is 18.7 Å². The van der Waals surface area contributed by atoms with Crippen molar-refractivity contribution in [1.82, 2.24) is 0 Å². The zero-order chi connectivity index (χ0) is 5.86. The van der Waals surface area contributed by atoms with E-state index in [1.54, 1.807) is 0 Å². The molecule has 0 atom stereocenters. The van der Waals surface area contributed by atoms with Crippen molar-refractivity contribution in [3.05, 3.63) is 0 Å². The van der Waals surface area contributed by atoms with Crippen molar-refractivity contribution in [1.29, 1.82) is 0 Å². The van der Waals surface area contributed by atoms with E-state index >= 15 is 0 Å². The predicted octanol–water partition coefficient (Wildman–Crippen LogP) is 2.04. The van der Waals surface area contributed by atoms with Crippen LogP contribution in [0.5, 0.6) is 0 Å². The van der Waals surface area contributed by atoms with Crippen molar-refractivity contribution in [2.24, 2.45) is 0 Å². The monoisotopic (exact) mass is 202 g/mol. The summed E-state index contributed by atoms with van der Waals surface area (Å²) in [6, 6.07) is 0. The van der Waals surface area contributed by atoms with Gasteiger partial charge in [-0.3, -0.25) is 0 Å². The maximum absolute atomic E-state index is 5.43. The quantitative estimate of drug-likeness (QED) is 0.374. The van der Waals surface area contributed by atoms with Crippen molar-refractivity contribution >= 4 is 42.0 Å². The maximum atomic E-state index is 5.43. The first-order valence-corrected chi connectivity index (χ1v) is 4.62. The van der Waals surface area contributed by atoms with Crippen molar-refractivity contribution in [2.75, 3.05) is 0 Å². The number of halogens is 1. The zero-order valence-electron chi connectivity index (χ0n) is 4.27. The molecular formula is C4H7ClSSe. The zero-order valence-corrected chi connectivity index (χ0v) is 7.56. The van der Waals surface area contributed by atoms with Gasteiger partial charge in [0, 0.05) is 0 Å². The van der Waals surface area contributed by atoms with Crippen LogP contribution in [0.1, 0.15) is 13.8 Å².